The topological polar surface area (TPSA) is 47.1 Å². The van der Waals surface area contributed by atoms with Crippen molar-refractivity contribution in [1.82, 2.24) is 14.5 Å². The van der Waals surface area contributed by atoms with Crippen molar-refractivity contribution >= 4 is 0 Å². The molecule has 0 bridgehead atoms. The molecule has 1 fully saturated rings. The van der Waals surface area contributed by atoms with Crippen molar-refractivity contribution in [2.24, 2.45) is 11.7 Å². The van der Waals surface area contributed by atoms with Crippen LogP contribution in [0.5, 0.6) is 0 Å². The summed E-state index contributed by atoms with van der Waals surface area (Å²) in [7, 11) is 0. The van der Waals surface area contributed by atoms with E-state index in [9.17, 15) is 0 Å². The fourth-order valence-corrected chi connectivity index (χ4v) is 2.63. The first kappa shape index (κ1) is 12.6. The molecule has 0 aromatic carbocycles. The van der Waals surface area contributed by atoms with Crippen molar-refractivity contribution in [3.8, 4) is 0 Å². The summed E-state index contributed by atoms with van der Waals surface area (Å²) in [5, 5.41) is 0. The van der Waals surface area contributed by atoms with Crippen LogP contribution in [-0.2, 0) is 13.0 Å². The second-order valence-electron chi connectivity index (χ2n) is 5.32. The molecule has 96 valence electrons. The van der Waals surface area contributed by atoms with Crippen LogP contribution < -0.4 is 5.73 Å². The first-order valence-corrected chi connectivity index (χ1v) is 6.64. The van der Waals surface area contributed by atoms with E-state index in [-0.39, 0.29) is 0 Å². The minimum atomic E-state index is 0.672. The Balaban J connectivity index is 1.91. The Bertz CT molecular complexity index is 345. The number of hydrogen-bond donors (Lipinski definition) is 1. The van der Waals surface area contributed by atoms with E-state index in [1.165, 1.54) is 25.2 Å². The molecule has 0 aliphatic carbocycles. The van der Waals surface area contributed by atoms with Gasteiger partial charge < -0.3 is 15.2 Å². The second kappa shape index (κ2) is 5.65. The Kier molecular flexibility index (Phi) is 4.18. The molecular formula is C13H24N4. The Morgan fingerprint density at radius 2 is 2.35 bits per heavy atom. The van der Waals surface area contributed by atoms with Crippen molar-refractivity contribution in [3.63, 3.8) is 0 Å². The summed E-state index contributed by atoms with van der Waals surface area (Å²) in [6, 6.07) is 0.672. The molecule has 0 saturated carbocycles. The van der Waals surface area contributed by atoms with Crippen LogP contribution >= 0.6 is 0 Å². The average molecular weight is 236 g/mol. The van der Waals surface area contributed by atoms with Crippen molar-refractivity contribution < 1.29 is 0 Å². The third-order valence-corrected chi connectivity index (χ3v) is 3.70. The fourth-order valence-electron chi connectivity index (χ4n) is 2.63. The predicted octanol–water partition coefficient (Wildman–Crippen LogP) is 1.11. The van der Waals surface area contributed by atoms with E-state index in [0.29, 0.717) is 12.6 Å². The lowest BCUT2D eigenvalue weighted by Gasteiger charge is -2.20. The van der Waals surface area contributed by atoms with Gasteiger partial charge >= 0.3 is 0 Å². The second-order valence-corrected chi connectivity index (χ2v) is 5.32. The zero-order valence-electron chi connectivity index (χ0n) is 11.0. The molecule has 1 unspecified atom stereocenters. The monoisotopic (exact) mass is 236 g/mol. The summed E-state index contributed by atoms with van der Waals surface area (Å²) in [4.78, 5) is 6.79. The van der Waals surface area contributed by atoms with E-state index in [1.807, 2.05) is 12.5 Å². The van der Waals surface area contributed by atoms with Gasteiger partial charge in [0.2, 0.25) is 0 Å². The van der Waals surface area contributed by atoms with Gasteiger partial charge in [-0.05, 0) is 39.3 Å². The van der Waals surface area contributed by atoms with Crippen molar-refractivity contribution in [2.75, 3.05) is 19.6 Å². The molecule has 17 heavy (non-hydrogen) atoms. The quantitative estimate of drug-likeness (QED) is 0.833. The maximum atomic E-state index is 5.61. The molecule has 4 heteroatoms. The van der Waals surface area contributed by atoms with E-state index < -0.39 is 0 Å². The highest BCUT2D eigenvalue weighted by atomic mass is 15.2. The molecule has 2 N–H and O–H groups in total. The number of likely N-dealkylation sites (tertiary alicyclic amines) is 1. The van der Waals surface area contributed by atoms with E-state index in [2.05, 4.69) is 28.3 Å². The molecule has 1 saturated heterocycles. The molecule has 4 nitrogen and oxygen atoms in total. The summed E-state index contributed by atoms with van der Waals surface area (Å²) in [6.45, 7) is 8.81. The molecule has 1 aromatic rings. The van der Waals surface area contributed by atoms with Gasteiger partial charge in [0.15, 0.2) is 0 Å². The standard InChI is InChI=1S/C13H24N4/c1-11(2)16-6-4-12(8-16)9-17-10-15-7-13(17)3-5-14/h7,10-12H,3-6,8-9,14H2,1-2H3. The van der Waals surface area contributed by atoms with Gasteiger partial charge in [0.1, 0.15) is 0 Å². The van der Waals surface area contributed by atoms with Crippen LogP contribution in [0.1, 0.15) is 26.0 Å². The molecule has 2 rings (SSSR count). The summed E-state index contributed by atoms with van der Waals surface area (Å²) in [5.74, 6) is 0.767. The highest BCUT2D eigenvalue weighted by Crippen LogP contribution is 2.20. The zero-order chi connectivity index (χ0) is 12.3. The molecule has 0 spiro atoms. The van der Waals surface area contributed by atoms with Gasteiger partial charge in [0, 0.05) is 37.4 Å². The number of aromatic nitrogens is 2. The van der Waals surface area contributed by atoms with Crippen LogP contribution in [0.15, 0.2) is 12.5 Å². The van der Waals surface area contributed by atoms with Crippen LogP contribution in [0.25, 0.3) is 0 Å². The highest BCUT2D eigenvalue weighted by Gasteiger charge is 2.24. The maximum Gasteiger partial charge on any atom is 0.0948 e. The summed E-state index contributed by atoms with van der Waals surface area (Å²) in [6.07, 6.45) is 6.13. The molecule has 0 amide bonds. The number of rotatable bonds is 5. The first-order valence-electron chi connectivity index (χ1n) is 6.64. The third-order valence-electron chi connectivity index (χ3n) is 3.70. The Morgan fingerprint density at radius 3 is 3.00 bits per heavy atom. The molecule has 1 aliphatic rings. The van der Waals surface area contributed by atoms with Crippen LogP contribution in [-0.4, -0.2) is 40.1 Å². The van der Waals surface area contributed by atoms with Crippen LogP contribution in [0, 0.1) is 5.92 Å². The van der Waals surface area contributed by atoms with Crippen LogP contribution in [0.3, 0.4) is 0 Å². The Labute approximate surface area is 104 Å². The van der Waals surface area contributed by atoms with Crippen LogP contribution in [0.4, 0.5) is 0 Å². The minimum Gasteiger partial charge on any atom is -0.334 e. The zero-order valence-corrected chi connectivity index (χ0v) is 11.0. The lowest BCUT2D eigenvalue weighted by Crippen LogP contribution is -2.28. The van der Waals surface area contributed by atoms with Gasteiger partial charge in [-0.15, -0.1) is 0 Å². The van der Waals surface area contributed by atoms with Gasteiger partial charge in [-0.25, -0.2) is 4.98 Å². The van der Waals surface area contributed by atoms with Gasteiger partial charge in [-0.1, -0.05) is 0 Å². The van der Waals surface area contributed by atoms with Crippen molar-refractivity contribution in [3.05, 3.63) is 18.2 Å². The van der Waals surface area contributed by atoms with E-state index in [0.717, 1.165) is 18.9 Å². The smallest absolute Gasteiger partial charge is 0.0948 e. The Morgan fingerprint density at radius 1 is 1.53 bits per heavy atom. The summed E-state index contributed by atoms with van der Waals surface area (Å²) in [5.41, 5.74) is 6.88. The highest BCUT2D eigenvalue weighted by molar-refractivity contribution is 4.99. The minimum absolute atomic E-state index is 0.672. The Hall–Kier alpha value is -0.870. The molecule has 2 heterocycles. The van der Waals surface area contributed by atoms with Gasteiger partial charge in [-0.2, -0.15) is 0 Å². The fraction of sp³-hybridized carbons (Fsp3) is 0.769. The lowest BCUT2D eigenvalue weighted by atomic mass is 10.1. The van der Waals surface area contributed by atoms with Gasteiger partial charge in [0.05, 0.1) is 6.33 Å². The van der Waals surface area contributed by atoms with E-state index in [1.54, 1.807) is 0 Å². The lowest BCUT2D eigenvalue weighted by molar-refractivity contribution is 0.260. The molecule has 1 atom stereocenters. The average Bonchev–Trinajstić information content (AvgIpc) is 2.90. The molecule has 1 aromatic heterocycles. The predicted molar refractivity (Wildman–Crippen MR) is 69.8 cm³/mol. The number of nitrogens with zero attached hydrogens (tertiary/aromatic N) is 3. The number of imidazole rings is 1. The van der Waals surface area contributed by atoms with Gasteiger partial charge in [0.25, 0.3) is 0 Å². The van der Waals surface area contributed by atoms with E-state index >= 15 is 0 Å². The summed E-state index contributed by atoms with van der Waals surface area (Å²) < 4.78 is 2.28. The number of nitrogens with two attached hydrogens (primary N) is 1. The van der Waals surface area contributed by atoms with Crippen molar-refractivity contribution in [2.45, 2.75) is 39.3 Å². The van der Waals surface area contributed by atoms with Gasteiger partial charge in [-0.3, -0.25) is 0 Å². The SMILES string of the molecule is CC(C)N1CCC(Cn2cncc2CCN)C1. The number of hydrogen-bond acceptors (Lipinski definition) is 3. The molecule has 0 radical (unpaired) electrons. The third kappa shape index (κ3) is 3.07. The largest absolute Gasteiger partial charge is 0.334 e. The first-order chi connectivity index (χ1) is 8.20. The normalized spacial score (nSPS) is 21.5. The summed E-state index contributed by atoms with van der Waals surface area (Å²) >= 11 is 0. The molecule has 1 aliphatic heterocycles. The van der Waals surface area contributed by atoms with Crippen LogP contribution in [0.2, 0.25) is 0 Å². The molecular weight excluding hydrogens is 212 g/mol. The van der Waals surface area contributed by atoms with Crippen molar-refractivity contribution in [1.29, 1.82) is 0 Å². The maximum absolute atomic E-state index is 5.61. The van der Waals surface area contributed by atoms with E-state index in [4.69, 9.17) is 5.73 Å².